The van der Waals surface area contributed by atoms with E-state index in [1.807, 2.05) is 36.4 Å². The van der Waals surface area contributed by atoms with Crippen LogP contribution in [0.25, 0.3) is 0 Å². The van der Waals surface area contributed by atoms with Crippen LogP contribution in [0.2, 0.25) is 0 Å². The van der Waals surface area contributed by atoms with Crippen LogP contribution >= 0.6 is 0 Å². The monoisotopic (exact) mass is 273 g/mol. The molecule has 0 aliphatic rings. The molecule has 106 valence electrons. The molecule has 0 saturated heterocycles. The Hall–Kier alpha value is -2.07. The van der Waals surface area contributed by atoms with Crippen LogP contribution in [0.1, 0.15) is 28.7 Å². The summed E-state index contributed by atoms with van der Waals surface area (Å²) in [4.78, 5) is 14.5. The molecule has 20 heavy (non-hydrogen) atoms. The van der Waals surface area contributed by atoms with Gasteiger partial charge in [0.15, 0.2) is 0 Å². The molecule has 0 spiro atoms. The van der Waals surface area contributed by atoms with Crippen LogP contribution < -0.4 is 0 Å². The minimum absolute atomic E-state index is 0.316. The van der Waals surface area contributed by atoms with Crippen LogP contribution in [-0.2, 0) is 22.5 Å². The van der Waals surface area contributed by atoms with E-state index in [1.165, 1.54) is 0 Å². The predicted molar refractivity (Wildman–Crippen MR) is 76.6 cm³/mol. The van der Waals surface area contributed by atoms with E-state index in [2.05, 4.69) is 4.98 Å². The highest BCUT2D eigenvalue weighted by molar-refractivity contribution is 5.87. The number of aromatic nitrogens is 1. The Labute approximate surface area is 118 Å². The molecule has 0 unspecified atom stereocenters. The third kappa shape index (κ3) is 4.24. The minimum Gasteiger partial charge on any atom is -0.461 e. The number of ether oxygens (including phenoxy) is 2. The number of hydrogen-bond donors (Lipinski definition) is 1. The largest absolute Gasteiger partial charge is 0.461 e. The molecule has 0 saturated carbocycles. The average Bonchev–Trinajstić information content (AvgIpc) is 2.94. The van der Waals surface area contributed by atoms with Gasteiger partial charge in [-0.3, -0.25) is 0 Å². The highest BCUT2D eigenvalue weighted by Gasteiger charge is 2.08. The second-order valence-electron chi connectivity index (χ2n) is 4.41. The van der Waals surface area contributed by atoms with Gasteiger partial charge in [0.2, 0.25) is 0 Å². The zero-order valence-corrected chi connectivity index (χ0v) is 11.6. The SMILES string of the molecule is CCOC(=O)c1ccc(CCOCc2ccccc2)[nH]1. The number of carbonyl (C=O) groups excluding carboxylic acids is 1. The predicted octanol–water partition coefficient (Wildman–Crippen LogP) is 2.95. The lowest BCUT2D eigenvalue weighted by Crippen LogP contribution is -2.05. The molecular formula is C16H19NO3. The first-order valence-electron chi connectivity index (χ1n) is 6.76. The Kier molecular flexibility index (Phi) is 5.38. The van der Waals surface area contributed by atoms with Crippen LogP contribution in [0.4, 0.5) is 0 Å². The molecule has 1 N–H and O–H groups in total. The van der Waals surface area contributed by atoms with Gasteiger partial charge in [0.05, 0.1) is 19.8 Å². The van der Waals surface area contributed by atoms with Crippen LogP contribution in [0.5, 0.6) is 0 Å². The molecule has 0 radical (unpaired) electrons. The molecule has 0 fully saturated rings. The van der Waals surface area contributed by atoms with Crippen molar-refractivity contribution in [1.82, 2.24) is 4.98 Å². The highest BCUT2D eigenvalue weighted by atomic mass is 16.5. The molecule has 0 aliphatic heterocycles. The summed E-state index contributed by atoms with van der Waals surface area (Å²) in [5.74, 6) is -0.316. The van der Waals surface area contributed by atoms with E-state index in [1.54, 1.807) is 13.0 Å². The lowest BCUT2D eigenvalue weighted by molar-refractivity contribution is 0.0520. The van der Waals surface area contributed by atoms with Crippen LogP contribution in [0, 0.1) is 0 Å². The summed E-state index contributed by atoms with van der Waals surface area (Å²) in [5, 5.41) is 0. The Morgan fingerprint density at radius 1 is 1.15 bits per heavy atom. The van der Waals surface area contributed by atoms with Crippen molar-refractivity contribution in [3.63, 3.8) is 0 Å². The van der Waals surface area contributed by atoms with E-state index < -0.39 is 0 Å². The first-order valence-corrected chi connectivity index (χ1v) is 6.76. The summed E-state index contributed by atoms with van der Waals surface area (Å²) >= 11 is 0. The standard InChI is InChI=1S/C16H19NO3/c1-2-20-16(18)15-9-8-14(17-15)10-11-19-12-13-6-4-3-5-7-13/h3-9,17H,2,10-12H2,1H3. The summed E-state index contributed by atoms with van der Waals surface area (Å²) in [5.41, 5.74) is 2.62. The number of benzene rings is 1. The maximum atomic E-state index is 11.5. The molecule has 1 heterocycles. The van der Waals surface area contributed by atoms with Gasteiger partial charge >= 0.3 is 5.97 Å². The molecule has 0 bridgehead atoms. The van der Waals surface area contributed by atoms with Gasteiger partial charge in [0, 0.05) is 12.1 Å². The summed E-state index contributed by atoms with van der Waals surface area (Å²) < 4.78 is 10.5. The third-order valence-electron chi connectivity index (χ3n) is 2.87. The molecule has 1 aromatic carbocycles. The molecule has 0 amide bonds. The van der Waals surface area contributed by atoms with Gasteiger partial charge in [0.1, 0.15) is 5.69 Å². The fourth-order valence-electron chi connectivity index (χ4n) is 1.86. The van der Waals surface area contributed by atoms with Gasteiger partial charge in [-0.05, 0) is 24.6 Å². The van der Waals surface area contributed by atoms with Crippen molar-refractivity contribution >= 4 is 5.97 Å². The van der Waals surface area contributed by atoms with Crippen molar-refractivity contribution in [2.24, 2.45) is 0 Å². The van der Waals surface area contributed by atoms with Gasteiger partial charge < -0.3 is 14.5 Å². The van der Waals surface area contributed by atoms with E-state index in [0.717, 1.165) is 17.7 Å². The number of carbonyl (C=O) groups is 1. The number of H-pyrrole nitrogens is 1. The second-order valence-corrected chi connectivity index (χ2v) is 4.41. The maximum absolute atomic E-state index is 11.5. The van der Waals surface area contributed by atoms with E-state index in [0.29, 0.717) is 25.5 Å². The second kappa shape index (κ2) is 7.50. The zero-order valence-electron chi connectivity index (χ0n) is 11.6. The first-order chi connectivity index (χ1) is 9.79. The molecule has 0 aliphatic carbocycles. The first kappa shape index (κ1) is 14.3. The van der Waals surface area contributed by atoms with Crippen molar-refractivity contribution in [3.05, 3.63) is 59.4 Å². The Bertz CT molecular complexity index is 534. The van der Waals surface area contributed by atoms with Crippen LogP contribution in [0.15, 0.2) is 42.5 Å². The molecule has 2 aromatic rings. The number of nitrogens with one attached hydrogen (secondary N) is 1. The van der Waals surface area contributed by atoms with Gasteiger partial charge in [-0.2, -0.15) is 0 Å². The van der Waals surface area contributed by atoms with Gasteiger partial charge in [-0.1, -0.05) is 30.3 Å². The van der Waals surface area contributed by atoms with E-state index in [9.17, 15) is 4.79 Å². The van der Waals surface area contributed by atoms with Crippen molar-refractivity contribution in [1.29, 1.82) is 0 Å². The third-order valence-corrected chi connectivity index (χ3v) is 2.87. The normalized spacial score (nSPS) is 10.4. The van der Waals surface area contributed by atoms with Crippen molar-refractivity contribution in [2.45, 2.75) is 20.0 Å². The molecule has 4 nitrogen and oxygen atoms in total. The van der Waals surface area contributed by atoms with Crippen molar-refractivity contribution < 1.29 is 14.3 Å². The Morgan fingerprint density at radius 2 is 1.95 bits per heavy atom. The molecule has 4 heteroatoms. The van der Waals surface area contributed by atoms with Gasteiger partial charge in [-0.15, -0.1) is 0 Å². The molecule has 1 aromatic heterocycles. The summed E-state index contributed by atoms with van der Waals surface area (Å²) in [6.07, 6.45) is 0.742. The van der Waals surface area contributed by atoms with Crippen molar-refractivity contribution in [2.75, 3.05) is 13.2 Å². The summed E-state index contributed by atoms with van der Waals surface area (Å²) in [6.45, 7) is 3.39. The van der Waals surface area contributed by atoms with Gasteiger partial charge in [-0.25, -0.2) is 4.79 Å². The van der Waals surface area contributed by atoms with E-state index >= 15 is 0 Å². The maximum Gasteiger partial charge on any atom is 0.354 e. The quantitative estimate of drug-likeness (QED) is 0.623. The van der Waals surface area contributed by atoms with E-state index in [-0.39, 0.29) is 5.97 Å². The summed E-state index contributed by atoms with van der Waals surface area (Å²) in [7, 11) is 0. The Balaban J connectivity index is 1.73. The average molecular weight is 273 g/mol. The molecule has 2 rings (SSSR count). The zero-order chi connectivity index (χ0) is 14.2. The van der Waals surface area contributed by atoms with Gasteiger partial charge in [0.25, 0.3) is 0 Å². The minimum atomic E-state index is -0.316. The summed E-state index contributed by atoms with van der Waals surface area (Å²) in [6, 6.07) is 13.7. The number of esters is 1. The number of hydrogen-bond acceptors (Lipinski definition) is 3. The smallest absolute Gasteiger partial charge is 0.354 e. The van der Waals surface area contributed by atoms with E-state index in [4.69, 9.17) is 9.47 Å². The Morgan fingerprint density at radius 3 is 2.70 bits per heavy atom. The number of rotatable bonds is 7. The molecular weight excluding hydrogens is 254 g/mol. The van der Waals surface area contributed by atoms with Crippen molar-refractivity contribution in [3.8, 4) is 0 Å². The number of aromatic amines is 1. The highest BCUT2D eigenvalue weighted by Crippen LogP contribution is 2.06. The fraction of sp³-hybridized carbons (Fsp3) is 0.312. The molecule has 0 atom stereocenters. The lowest BCUT2D eigenvalue weighted by atomic mass is 10.2. The van der Waals surface area contributed by atoms with Crippen LogP contribution in [-0.4, -0.2) is 24.2 Å². The lowest BCUT2D eigenvalue weighted by Gasteiger charge is -2.03. The topological polar surface area (TPSA) is 51.3 Å². The fourth-order valence-corrected chi connectivity index (χ4v) is 1.86. The van der Waals surface area contributed by atoms with Crippen LogP contribution in [0.3, 0.4) is 0 Å².